The molecule has 0 bridgehead atoms. The lowest BCUT2D eigenvalue weighted by Gasteiger charge is -2.10. The van der Waals surface area contributed by atoms with Crippen molar-refractivity contribution < 1.29 is 4.74 Å². The lowest BCUT2D eigenvalue weighted by atomic mass is 10.2. The van der Waals surface area contributed by atoms with Crippen LogP contribution in [0.5, 0.6) is 5.75 Å². The summed E-state index contributed by atoms with van der Waals surface area (Å²) in [7, 11) is 0. The molecular formula is C24H18BrClIN3O2. The van der Waals surface area contributed by atoms with Gasteiger partial charge in [0.25, 0.3) is 5.56 Å². The summed E-state index contributed by atoms with van der Waals surface area (Å²) in [6.07, 6.45) is 2.25. The summed E-state index contributed by atoms with van der Waals surface area (Å²) in [5, 5.41) is 5.64. The molecule has 4 rings (SSSR count). The highest BCUT2D eigenvalue weighted by Crippen LogP contribution is 2.24. The Morgan fingerprint density at radius 3 is 2.75 bits per heavy atom. The molecule has 8 heteroatoms. The maximum absolute atomic E-state index is 13.0. The van der Waals surface area contributed by atoms with Crippen LogP contribution in [0.4, 0.5) is 0 Å². The Morgan fingerprint density at radius 2 is 2.00 bits per heavy atom. The van der Waals surface area contributed by atoms with Gasteiger partial charge in [0.15, 0.2) is 0 Å². The fraction of sp³-hybridized carbons (Fsp3) is 0.125. The molecule has 4 aromatic rings. The summed E-state index contributed by atoms with van der Waals surface area (Å²) in [5.41, 5.74) is 2.25. The van der Waals surface area contributed by atoms with Gasteiger partial charge in [-0.15, -0.1) is 0 Å². The van der Waals surface area contributed by atoms with E-state index in [9.17, 15) is 4.79 Å². The molecule has 0 aliphatic carbocycles. The standard InChI is InChI=1S/C24H18BrClIN3O2/c1-2-23-29-21-9-8-17(25)12-18(21)24(31)30(23)28-13-15-7-10-22(20(27)11-15)32-14-16-5-3-4-6-19(16)26/h3-13H,2,14H2,1H3. The van der Waals surface area contributed by atoms with Crippen molar-refractivity contribution in [2.75, 3.05) is 0 Å². The number of hydrogen-bond donors (Lipinski definition) is 0. The van der Waals surface area contributed by atoms with Crippen molar-refractivity contribution in [1.29, 1.82) is 0 Å². The van der Waals surface area contributed by atoms with Crippen LogP contribution in [0.25, 0.3) is 10.9 Å². The van der Waals surface area contributed by atoms with Gasteiger partial charge in [-0.2, -0.15) is 9.78 Å². The molecule has 0 unspecified atom stereocenters. The lowest BCUT2D eigenvalue weighted by Crippen LogP contribution is -2.22. The maximum Gasteiger partial charge on any atom is 0.282 e. The van der Waals surface area contributed by atoms with Crippen LogP contribution in [0.15, 0.2) is 75.0 Å². The van der Waals surface area contributed by atoms with Crippen molar-refractivity contribution >= 4 is 67.2 Å². The van der Waals surface area contributed by atoms with Crippen LogP contribution in [-0.2, 0) is 13.0 Å². The van der Waals surface area contributed by atoms with Crippen LogP contribution < -0.4 is 10.3 Å². The number of rotatable bonds is 6. The van der Waals surface area contributed by atoms with E-state index < -0.39 is 0 Å². The highest BCUT2D eigenvalue weighted by atomic mass is 127. The Balaban J connectivity index is 1.59. The fourth-order valence-corrected chi connectivity index (χ4v) is 4.40. The first kappa shape index (κ1) is 22.9. The Morgan fingerprint density at radius 1 is 1.19 bits per heavy atom. The normalized spacial score (nSPS) is 11.4. The van der Waals surface area contributed by atoms with Gasteiger partial charge >= 0.3 is 0 Å². The number of hydrogen-bond acceptors (Lipinski definition) is 4. The molecular weight excluding hydrogens is 605 g/mol. The van der Waals surface area contributed by atoms with Crippen molar-refractivity contribution in [2.24, 2.45) is 5.10 Å². The van der Waals surface area contributed by atoms with Crippen molar-refractivity contribution in [3.63, 3.8) is 0 Å². The van der Waals surface area contributed by atoms with E-state index in [1.807, 2.05) is 61.5 Å². The summed E-state index contributed by atoms with van der Waals surface area (Å²) in [4.78, 5) is 17.6. The van der Waals surface area contributed by atoms with Gasteiger partial charge in [0.2, 0.25) is 0 Å². The van der Waals surface area contributed by atoms with Crippen LogP contribution in [-0.4, -0.2) is 15.9 Å². The molecule has 0 aliphatic heterocycles. The van der Waals surface area contributed by atoms with Gasteiger partial charge in [0.05, 0.1) is 20.7 Å². The number of benzene rings is 3. The number of aryl methyl sites for hydroxylation is 1. The minimum absolute atomic E-state index is 0.196. The second kappa shape index (κ2) is 10.1. The van der Waals surface area contributed by atoms with Crippen molar-refractivity contribution in [2.45, 2.75) is 20.0 Å². The molecule has 0 radical (unpaired) electrons. The topological polar surface area (TPSA) is 56.5 Å². The summed E-state index contributed by atoms with van der Waals surface area (Å²) in [6.45, 7) is 2.34. The summed E-state index contributed by atoms with van der Waals surface area (Å²) >= 11 is 11.8. The summed E-state index contributed by atoms with van der Waals surface area (Å²) < 4.78 is 9.05. The molecule has 0 atom stereocenters. The summed E-state index contributed by atoms with van der Waals surface area (Å²) in [5.74, 6) is 1.36. The van der Waals surface area contributed by atoms with Gasteiger partial charge < -0.3 is 4.74 Å². The second-order valence-electron chi connectivity index (χ2n) is 6.97. The minimum Gasteiger partial charge on any atom is -0.488 e. The van der Waals surface area contributed by atoms with E-state index in [4.69, 9.17) is 16.3 Å². The van der Waals surface area contributed by atoms with Crippen molar-refractivity contribution in [3.8, 4) is 5.75 Å². The molecule has 0 amide bonds. The van der Waals surface area contributed by atoms with E-state index in [0.29, 0.717) is 34.8 Å². The zero-order valence-corrected chi connectivity index (χ0v) is 21.6. The zero-order valence-electron chi connectivity index (χ0n) is 17.1. The number of aromatic nitrogens is 2. The molecule has 0 aliphatic rings. The molecule has 0 fully saturated rings. The van der Waals surface area contributed by atoms with Gasteiger partial charge in [-0.05, 0) is 70.6 Å². The summed E-state index contributed by atoms with van der Waals surface area (Å²) in [6, 6.07) is 18.8. The third-order valence-electron chi connectivity index (χ3n) is 4.81. The quantitative estimate of drug-likeness (QED) is 0.184. The van der Waals surface area contributed by atoms with Gasteiger partial charge in [-0.3, -0.25) is 4.79 Å². The first-order valence-electron chi connectivity index (χ1n) is 9.87. The molecule has 32 heavy (non-hydrogen) atoms. The number of halogens is 3. The third-order valence-corrected chi connectivity index (χ3v) is 6.52. The second-order valence-corrected chi connectivity index (χ2v) is 9.46. The Labute approximate surface area is 212 Å². The average Bonchev–Trinajstić information content (AvgIpc) is 2.79. The lowest BCUT2D eigenvalue weighted by molar-refractivity contribution is 0.304. The van der Waals surface area contributed by atoms with Crippen LogP contribution in [0, 0.1) is 3.57 Å². The monoisotopic (exact) mass is 621 g/mol. The Kier molecular flexibility index (Phi) is 7.27. The van der Waals surface area contributed by atoms with E-state index in [1.165, 1.54) is 4.68 Å². The molecule has 0 N–H and O–H groups in total. The van der Waals surface area contributed by atoms with Crippen LogP contribution in [0.2, 0.25) is 5.02 Å². The number of ether oxygens (including phenoxy) is 1. The average molecular weight is 623 g/mol. The molecule has 0 spiro atoms. The van der Waals surface area contributed by atoms with Gasteiger partial charge in [0.1, 0.15) is 18.2 Å². The first-order valence-corrected chi connectivity index (χ1v) is 12.1. The maximum atomic E-state index is 13.0. The largest absolute Gasteiger partial charge is 0.488 e. The van der Waals surface area contributed by atoms with Crippen molar-refractivity contribution in [3.05, 3.63) is 101 Å². The predicted molar refractivity (Wildman–Crippen MR) is 141 cm³/mol. The van der Waals surface area contributed by atoms with Crippen molar-refractivity contribution in [1.82, 2.24) is 9.66 Å². The molecule has 162 valence electrons. The Bertz CT molecular complexity index is 1390. The van der Waals surface area contributed by atoms with E-state index in [-0.39, 0.29) is 5.56 Å². The third kappa shape index (κ3) is 5.05. The number of fused-ring (bicyclic) bond motifs is 1. The van der Waals surface area contributed by atoms with E-state index >= 15 is 0 Å². The SMILES string of the molecule is CCc1nc2ccc(Br)cc2c(=O)n1N=Cc1ccc(OCc2ccccc2Cl)c(I)c1. The molecule has 3 aromatic carbocycles. The van der Waals surface area contributed by atoms with E-state index in [0.717, 1.165) is 24.9 Å². The highest BCUT2D eigenvalue weighted by molar-refractivity contribution is 14.1. The highest BCUT2D eigenvalue weighted by Gasteiger charge is 2.10. The van der Waals surface area contributed by atoms with Gasteiger partial charge in [-0.25, -0.2) is 4.98 Å². The molecule has 0 saturated heterocycles. The van der Waals surface area contributed by atoms with E-state index in [1.54, 1.807) is 12.3 Å². The zero-order chi connectivity index (χ0) is 22.7. The molecule has 1 heterocycles. The smallest absolute Gasteiger partial charge is 0.282 e. The van der Waals surface area contributed by atoms with E-state index in [2.05, 4.69) is 48.6 Å². The van der Waals surface area contributed by atoms with Crippen LogP contribution >= 0.6 is 50.1 Å². The van der Waals surface area contributed by atoms with Gasteiger partial charge in [-0.1, -0.05) is 52.7 Å². The molecule has 1 aromatic heterocycles. The molecule has 0 saturated carbocycles. The predicted octanol–water partition coefficient (Wildman–Crippen LogP) is 6.44. The Hall–Kier alpha value is -2.23. The van der Waals surface area contributed by atoms with Crippen LogP contribution in [0.1, 0.15) is 23.9 Å². The molecule has 5 nitrogen and oxygen atoms in total. The minimum atomic E-state index is -0.196. The first-order chi connectivity index (χ1) is 15.5. The fourth-order valence-electron chi connectivity index (χ4n) is 3.15. The number of nitrogens with zero attached hydrogens (tertiary/aromatic N) is 3. The van der Waals surface area contributed by atoms with Crippen LogP contribution in [0.3, 0.4) is 0 Å². The van der Waals surface area contributed by atoms with Gasteiger partial charge in [0, 0.05) is 21.5 Å².